The van der Waals surface area contributed by atoms with Crippen molar-refractivity contribution in [2.75, 3.05) is 26.2 Å². The molecule has 0 aromatic carbocycles. The molecule has 0 saturated carbocycles. The number of carboxylic acids is 1. The van der Waals surface area contributed by atoms with Gasteiger partial charge in [-0.2, -0.15) is 5.06 Å². The number of hydrogen-bond acceptors (Lipinski definition) is 6. The first-order valence-electron chi connectivity index (χ1n) is 8.72. The fraction of sp³-hybridized carbons (Fsp3) is 0.733. The second-order valence-electron chi connectivity index (χ2n) is 6.70. The Labute approximate surface area is 149 Å². The average Bonchev–Trinajstić information content (AvgIpc) is 2.88. The highest BCUT2D eigenvalue weighted by molar-refractivity contribution is 5.90. The van der Waals surface area contributed by atoms with E-state index in [1.54, 1.807) is 0 Å². The topological polar surface area (TPSA) is 140 Å². The molecule has 3 saturated heterocycles. The summed E-state index contributed by atoms with van der Waals surface area (Å²) in [6.45, 7) is 1.14. The molecule has 1 unspecified atom stereocenters. The summed E-state index contributed by atoms with van der Waals surface area (Å²) in [4.78, 5) is 53.8. The maximum Gasteiger partial charge on any atom is 0.345 e. The zero-order valence-corrected chi connectivity index (χ0v) is 14.3. The Morgan fingerprint density at radius 2 is 1.96 bits per heavy atom. The molecular formula is C15H23N5O6. The minimum atomic E-state index is -1.18. The molecule has 0 spiro atoms. The van der Waals surface area contributed by atoms with E-state index in [9.17, 15) is 19.2 Å². The summed E-state index contributed by atoms with van der Waals surface area (Å²) in [5.74, 6) is -2.08. The van der Waals surface area contributed by atoms with E-state index in [4.69, 9.17) is 9.94 Å². The van der Waals surface area contributed by atoms with Gasteiger partial charge in [0.15, 0.2) is 6.61 Å². The van der Waals surface area contributed by atoms with Crippen LogP contribution >= 0.6 is 0 Å². The number of hydrogen-bond donors (Lipinski definition) is 4. The number of amides is 4. The van der Waals surface area contributed by atoms with Gasteiger partial charge in [0.1, 0.15) is 6.04 Å². The van der Waals surface area contributed by atoms with E-state index in [1.165, 1.54) is 4.90 Å². The van der Waals surface area contributed by atoms with Gasteiger partial charge in [0.25, 0.3) is 5.91 Å². The quantitative estimate of drug-likeness (QED) is 0.429. The molecule has 144 valence electrons. The van der Waals surface area contributed by atoms with E-state index in [-0.39, 0.29) is 24.4 Å². The summed E-state index contributed by atoms with van der Waals surface area (Å²) >= 11 is 0. The SMILES string of the molecule is O=C(O)CON1C(=O)N2C[C@H]1CCC2C(=O)NNC(=O)[C@@H]1CCCNC1. The lowest BCUT2D eigenvalue weighted by Crippen LogP contribution is -2.55. The normalized spacial score (nSPS) is 28.0. The van der Waals surface area contributed by atoms with Gasteiger partial charge in [0.2, 0.25) is 5.91 Å². The lowest BCUT2D eigenvalue weighted by atomic mass is 9.99. The highest BCUT2D eigenvalue weighted by atomic mass is 16.7. The standard InChI is InChI=1S/C15H23N5O6/c21-12(22)8-26-20-10-3-4-11(19(7-10)15(20)25)14(24)18-17-13(23)9-2-1-5-16-6-9/h9-11,16H,1-8H2,(H,17,23)(H,18,24)(H,21,22)/t9-,10-,11?/m1/s1. The van der Waals surface area contributed by atoms with Gasteiger partial charge in [-0.1, -0.05) is 0 Å². The molecule has 0 radical (unpaired) electrons. The molecule has 26 heavy (non-hydrogen) atoms. The Bertz CT molecular complexity index is 593. The maximum absolute atomic E-state index is 12.4. The zero-order chi connectivity index (χ0) is 18.7. The molecule has 3 aliphatic rings. The molecule has 3 atom stereocenters. The first kappa shape index (κ1) is 18.4. The molecule has 4 amide bonds. The predicted octanol–water partition coefficient (Wildman–Crippen LogP) is -1.58. The fourth-order valence-corrected chi connectivity index (χ4v) is 3.58. The number of rotatable bonds is 5. The van der Waals surface area contributed by atoms with E-state index in [2.05, 4.69) is 16.2 Å². The smallest absolute Gasteiger partial charge is 0.345 e. The maximum atomic E-state index is 12.4. The summed E-state index contributed by atoms with van der Waals surface area (Å²) in [5, 5.41) is 12.9. The van der Waals surface area contributed by atoms with Crippen molar-refractivity contribution in [3.05, 3.63) is 0 Å². The highest BCUT2D eigenvalue weighted by Gasteiger charge is 2.48. The van der Waals surface area contributed by atoms with Gasteiger partial charge in [-0.05, 0) is 32.2 Å². The van der Waals surface area contributed by atoms with Gasteiger partial charge in [0, 0.05) is 13.1 Å². The molecule has 0 aliphatic carbocycles. The number of nitrogens with zero attached hydrogens (tertiary/aromatic N) is 2. The number of hydroxylamine groups is 2. The van der Waals surface area contributed by atoms with Gasteiger partial charge >= 0.3 is 12.0 Å². The van der Waals surface area contributed by atoms with Crippen LogP contribution in [0.25, 0.3) is 0 Å². The van der Waals surface area contributed by atoms with Crippen LogP contribution in [-0.2, 0) is 19.2 Å². The predicted molar refractivity (Wildman–Crippen MR) is 86.2 cm³/mol. The summed E-state index contributed by atoms with van der Waals surface area (Å²) in [6.07, 6.45) is 2.60. The largest absolute Gasteiger partial charge is 0.479 e. The first-order chi connectivity index (χ1) is 12.5. The molecule has 3 aliphatic heterocycles. The van der Waals surface area contributed by atoms with Crippen molar-refractivity contribution in [3.8, 4) is 0 Å². The van der Waals surface area contributed by atoms with Crippen molar-refractivity contribution in [1.82, 2.24) is 26.1 Å². The number of carboxylic acid groups (broad SMARTS) is 1. The summed E-state index contributed by atoms with van der Waals surface area (Å²) in [6, 6.07) is -1.52. The lowest BCUT2D eigenvalue weighted by Gasteiger charge is -2.29. The first-order valence-corrected chi connectivity index (χ1v) is 8.72. The zero-order valence-electron chi connectivity index (χ0n) is 14.3. The van der Waals surface area contributed by atoms with E-state index in [0.717, 1.165) is 24.4 Å². The third kappa shape index (κ3) is 3.88. The number of piperidine rings is 2. The van der Waals surface area contributed by atoms with Crippen molar-refractivity contribution in [2.24, 2.45) is 5.92 Å². The van der Waals surface area contributed by atoms with Gasteiger partial charge < -0.3 is 15.3 Å². The molecular weight excluding hydrogens is 346 g/mol. The Balaban J connectivity index is 1.51. The third-order valence-corrected chi connectivity index (χ3v) is 4.93. The Morgan fingerprint density at radius 3 is 2.65 bits per heavy atom. The molecule has 11 nitrogen and oxygen atoms in total. The van der Waals surface area contributed by atoms with Gasteiger partial charge in [-0.15, -0.1) is 0 Å². The number of carbonyl (C=O) groups excluding carboxylic acids is 3. The Hall–Kier alpha value is -2.40. The molecule has 3 heterocycles. The minimum Gasteiger partial charge on any atom is -0.479 e. The number of carbonyl (C=O) groups is 4. The highest BCUT2D eigenvalue weighted by Crippen LogP contribution is 2.30. The minimum absolute atomic E-state index is 0.187. The molecule has 2 bridgehead atoms. The van der Waals surface area contributed by atoms with Crippen LogP contribution in [0.5, 0.6) is 0 Å². The van der Waals surface area contributed by atoms with Crippen molar-refractivity contribution >= 4 is 23.8 Å². The van der Waals surface area contributed by atoms with E-state index in [0.29, 0.717) is 19.4 Å². The van der Waals surface area contributed by atoms with Crippen LogP contribution in [0, 0.1) is 5.92 Å². The van der Waals surface area contributed by atoms with Gasteiger partial charge in [-0.3, -0.25) is 25.3 Å². The number of urea groups is 1. The average molecular weight is 369 g/mol. The van der Waals surface area contributed by atoms with Crippen LogP contribution in [0.1, 0.15) is 25.7 Å². The van der Waals surface area contributed by atoms with E-state index >= 15 is 0 Å². The van der Waals surface area contributed by atoms with Crippen LogP contribution in [0.3, 0.4) is 0 Å². The second-order valence-corrected chi connectivity index (χ2v) is 6.70. The van der Waals surface area contributed by atoms with Crippen LogP contribution < -0.4 is 16.2 Å². The molecule has 11 heteroatoms. The van der Waals surface area contributed by atoms with E-state index < -0.39 is 30.6 Å². The number of fused-ring (bicyclic) bond motifs is 2. The number of aliphatic carboxylic acids is 1. The Kier molecular flexibility index (Phi) is 5.57. The molecule has 0 aromatic rings. The van der Waals surface area contributed by atoms with Crippen molar-refractivity contribution in [1.29, 1.82) is 0 Å². The van der Waals surface area contributed by atoms with Crippen molar-refractivity contribution < 1.29 is 29.1 Å². The molecule has 0 aromatic heterocycles. The van der Waals surface area contributed by atoms with Gasteiger partial charge in [-0.25, -0.2) is 9.59 Å². The molecule has 3 rings (SSSR count). The number of nitrogens with one attached hydrogen (secondary N) is 3. The molecule has 4 N–H and O–H groups in total. The second kappa shape index (κ2) is 7.87. The van der Waals surface area contributed by atoms with Crippen molar-refractivity contribution in [2.45, 2.75) is 37.8 Å². The van der Waals surface area contributed by atoms with E-state index in [1.807, 2.05) is 0 Å². The fourth-order valence-electron chi connectivity index (χ4n) is 3.58. The summed E-state index contributed by atoms with van der Waals surface area (Å²) in [7, 11) is 0. The van der Waals surface area contributed by atoms with Crippen LogP contribution in [0.4, 0.5) is 4.79 Å². The Morgan fingerprint density at radius 1 is 1.19 bits per heavy atom. The molecule has 3 fully saturated rings. The number of hydrazine groups is 1. The van der Waals surface area contributed by atoms with Gasteiger partial charge in [0.05, 0.1) is 12.0 Å². The van der Waals surface area contributed by atoms with Crippen LogP contribution in [-0.4, -0.2) is 77.2 Å². The van der Waals surface area contributed by atoms with Crippen LogP contribution in [0.2, 0.25) is 0 Å². The summed E-state index contributed by atoms with van der Waals surface area (Å²) < 4.78 is 0. The third-order valence-electron chi connectivity index (χ3n) is 4.93. The summed E-state index contributed by atoms with van der Waals surface area (Å²) in [5.41, 5.74) is 4.84. The van der Waals surface area contributed by atoms with Crippen molar-refractivity contribution in [3.63, 3.8) is 0 Å². The van der Waals surface area contributed by atoms with Crippen LogP contribution in [0.15, 0.2) is 0 Å². The lowest BCUT2D eigenvalue weighted by molar-refractivity contribution is -0.167. The monoisotopic (exact) mass is 369 g/mol.